The van der Waals surface area contributed by atoms with Crippen molar-refractivity contribution in [3.8, 4) is 5.00 Å². The molecule has 6 rings (SSSR count). The van der Waals surface area contributed by atoms with Crippen molar-refractivity contribution >= 4 is 50.6 Å². The lowest BCUT2D eigenvalue weighted by molar-refractivity contribution is -0.112. The molecule has 0 radical (unpaired) electrons. The molecule has 222 valence electrons. The number of hydrogen-bond acceptors (Lipinski definition) is 7. The lowest BCUT2D eigenvalue weighted by Gasteiger charge is -2.26. The summed E-state index contributed by atoms with van der Waals surface area (Å²) in [6.07, 6.45) is 5.81. The van der Waals surface area contributed by atoms with Crippen molar-refractivity contribution in [2.75, 3.05) is 44.9 Å². The number of ether oxygens (including phenoxy) is 2. The monoisotopic (exact) mass is 609 g/mol. The molecule has 0 N–H and O–H groups in total. The van der Waals surface area contributed by atoms with E-state index in [1.165, 1.54) is 9.18 Å². The maximum Gasteiger partial charge on any atom is 0.341 e. The number of carbonyl (C=O) groups excluding carboxylic acids is 2. The molecule has 0 saturated carbocycles. The van der Waals surface area contributed by atoms with Gasteiger partial charge in [-0.1, -0.05) is 0 Å². The Morgan fingerprint density at radius 1 is 1.12 bits per heavy atom. The SMILES string of the molecule is CCOC(=O)c1c(-n2c(C)cc(/C=C3\C(=O)N(C)c4ccc(S(=O)(=O)N5CCOCC5)cc43)c2C)sc2c1CCCC2. The average molecular weight is 610 g/mol. The van der Waals surface area contributed by atoms with Crippen LogP contribution in [0.5, 0.6) is 0 Å². The van der Waals surface area contributed by atoms with Crippen molar-refractivity contribution in [3.63, 3.8) is 0 Å². The number of likely N-dealkylation sites (N-methyl/N-ethyl adjacent to an activating group) is 1. The first kappa shape index (κ1) is 28.9. The molecular formula is C31H35N3O6S2. The van der Waals surface area contributed by atoms with E-state index in [0.29, 0.717) is 55.3 Å². The van der Waals surface area contributed by atoms with Crippen LogP contribution < -0.4 is 4.90 Å². The van der Waals surface area contributed by atoms with Gasteiger partial charge in [0.1, 0.15) is 5.00 Å². The molecule has 9 nitrogen and oxygen atoms in total. The standard InChI is InChI=1S/C31H35N3O6S2/c1-5-40-31(36)28-23-8-6-7-9-27(23)41-30(28)34-19(2)16-21(20(34)3)17-25-24-18-22(10-11-26(24)32(4)29(25)35)42(37,38)33-12-14-39-15-13-33/h10-11,16-18H,5-9,12-15H2,1-4H3/b25-17-. The Morgan fingerprint density at radius 3 is 2.60 bits per heavy atom. The van der Waals surface area contributed by atoms with Crippen LogP contribution in [0.3, 0.4) is 0 Å². The number of carbonyl (C=O) groups is 2. The highest BCUT2D eigenvalue weighted by Crippen LogP contribution is 2.42. The van der Waals surface area contributed by atoms with Gasteiger partial charge < -0.3 is 18.9 Å². The molecule has 4 heterocycles. The summed E-state index contributed by atoms with van der Waals surface area (Å²) in [5, 5.41) is 0.856. The predicted octanol–water partition coefficient (Wildman–Crippen LogP) is 4.75. The Kier molecular flexibility index (Phi) is 7.63. The minimum atomic E-state index is -3.73. The number of fused-ring (bicyclic) bond motifs is 2. The van der Waals surface area contributed by atoms with Crippen LogP contribution in [0.1, 0.15) is 63.1 Å². The molecule has 1 aromatic carbocycles. The van der Waals surface area contributed by atoms with Gasteiger partial charge in [-0.2, -0.15) is 4.31 Å². The van der Waals surface area contributed by atoms with Crippen molar-refractivity contribution in [2.45, 2.75) is 51.3 Å². The van der Waals surface area contributed by atoms with Gasteiger partial charge in [-0.25, -0.2) is 13.2 Å². The maximum absolute atomic E-state index is 13.5. The van der Waals surface area contributed by atoms with Crippen molar-refractivity contribution < 1.29 is 27.5 Å². The van der Waals surface area contributed by atoms with Crippen molar-refractivity contribution in [1.82, 2.24) is 8.87 Å². The van der Waals surface area contributed by atoms with Gasteiger partial charge in [0.15, 0.2) is 0 Å². The number of morpholine rings is 1. The first-order valence-electron chi connectivity index (χ1n) is 14.4. The molecule has 1 amide bonds. The number of nitrogens with zero attached hydrogens (tertiary/aromatic N) is 3. The summed E-state index contributed by atoms with van der Waals surface area (Å²) in [4.78, 5) is 29.6. The van der Waals surface area contributed by atoms with E-state index >= 15 is 0 Å². The molecule has 3 aliphatic rings. The minimum Gasteiger partial charge on any atom is -0.462 e. The maximum atomic E-state index is 13.5. The van der Waals surface area contributed by atoms with E-state index in [0.717, 1.165) is 53.2 Å². The van der Waals surface area contributed by atoms with E-state index in [1.807, 2.05) is 32.9 Å². The highest BCUT2D eigenvalue weighted by atomic mass is 32.2. The molecule has 0 unspecified atom stereocenters. The zero-order valence-electron chi connectivity index (χ0n) is 24.4. The zero-order chi connectivity index (χ0) is 29.8. The van der Waals surface area contributed by atoms with Crippen LogP contribution in [0.4, 0.5) is 5.69 Å². The second-order valence-corrected chi connectivity index (χ2v) is 13.9. The third kappa shape index (κ3) is 4.72. The summed E-state index contributed by atoms with van der Waals surface area (Å²) >= 11 is 1.65. The van der Waals surface area contributed by atoms with Crippen molar-refractivity contribution in [2.24, 2.45) is 0 Å². The summed E-state index contributed by atoms with van der Waals surface area (Å²) in [5.41, 5.74) is 6.09. The summed E-state index contributed by atoms with van der Waals surface area (Å²) in [7, 11) is -2.03. The largest absolute Gasteiger partial charge is 0.462 e. The van der Waals surface area contributed by atoms with E-state index in [4.69, 9.17) is 9.47 Å². The zero-order valence-corrected chi connectivity index (χ0v) is 26.0. The molecule has 1 aliphatic carbocycles. The minimum absolute atomic E-state index is 0.158. The molecule has 0 spiro atoms. The Bertz CT molecular complexity index is 1730. The number of aryl methyl sites for hydroxylation is 2. The van der Waals surface area contributed by atoms with Crippen LogP contribution in [0.15, 0.2) is 29.2 Å². The molecule has 1 saturated heterocycles. The van der Waals surface area contributed by atoms with Crippen molar-refractivity contribution in [3.05, 3.63) is 62.8 Å². The van der Waals surface area contributed by atoms with E-state index in [1.54, 1.807) is 41.5 Å². The fourth-order valence-corrected chi connectivity index (χ4v) is 9.11. The Hall–Kier alpha value is -3.25. The van der Waals surface area contributed by atoms with Crippen LogP contribution in [0.2, 0.25) is 0 Å². The summed E-state index contributed by atoms with van der Waals surface area (Å²) in [6, 6.07) is 6.89. The predicted molar refractivity (Wildman–Crippen MR) is 163 cm³/mol. The lowest BCUT2D eigenvalue weighted by Crippen LogP contribution is -2.40. The van der Waals surface area contributed by atoms with Gasteiger partial charge >= 0.3 is 5.97 Å². The molecule has 2 aliphatic heterocycles. The van der Waals surface area contributed by atoms with Gasteiger partial charge in [0, 0.05) is 47.5 Å². The van der Waals surface area contributed by atoms with Gasteiger partial charge in [0.2, 0.25) is 10.0 Å². The topological polar surface area (TPSA) is 98.2 Å². The molecule has 3 aromatic rings. The molecule has 0 bridgehead atoms. The number of anilines is 1. The number of hydrogen-bond donors (Lipinski definition) is 0. The summed E-state index contributed by atoms with van der Waals surface area (Å²) < 4.78 is 41.1. The highest BCUT2D eigenvalue weighted by Gasteiger charge is 2.34. The second kappa shape index (κ2) is 11.1. The Labute approximate surface area is 250 Å². The Morgan fingerprint density at radius 2 is 1.86 bits per heavy atom. The van der Waals surface area contributed by atoms with Crippen LogP contribution in [-0.4, -0.2) is 69.1 Å². The first-order valence-corrected chi connectivity index (χ1v) is 16.6. The van der Waals surface area contributed by atoms with E-state index in [-0.39, 0.29) is 16.8 Å². The van der Waals surface area contributed by atoms with Gasteiger partial charge in [0.05, 0.1) is 36.0 Å². The third-order valence-corrected chi connectivity index (χ3v) is 11.5. The fourth-order valence-electron chi connectivity index (χ4n) is 6.19. The van der Waals surface area contributed by atoms with E-state index in [9.17, 15) is 18.0 Å². The lowest BCUT2D eigenvalue weighted by atomic mass is 9.95. The number of rotatable bonds is 6. The molecule has 2 aromatic heterocycles. The van der Waals surface area contributed by atoms with Gasteiger partial charge in [0.25, 0.3) is 5.91 Å². The quantitative estimate of drug-likeness (QED) is 0.296. The summed E-state index contributed by atoms with van der Waals surface area (Å²) in [6.45, 7) is 7.41. The number of sulfonamides is 1. The van der Waals surface area contributed by atoms with Gasteiger partial charge in [-0.15, -0.1) is 11.3 Å². The number of amides is 1. The first-order chi connectivity index (χ1) is 20.1. The van der Waals surface area contributed by atoms with E-state index < -0.39 is 10.0 Å². The van der Waals surface area contributed by atoms with Crippen molar-refractivity contribution in [1.29, 1.82) is 0 Å². The number of esters is 1. The third-order valence-electron chi connectivity index (χ3n) is 8.37. The highest BCUT2D eigenvalue weighted by molar-refractivity contribution is 7.89. The average Bonchev–Trinajstić information content (AvgIpc) is 3.58. The van der Waals surface area contributed by atoms with Gasteiger partial charge in [-0.3, -0.25) is 4.79 Å². The number of benzene rings is 1. The normalized spacial score (nSPS) is 18.4. The second-order valence-electron chi connectivity index (χ2n) is 10.9. The fraction of sp³-hybridized carbons (Fsp3) is 0.419. The van der Waals surface area contributed by atoms with Crippen LogP contribution in [0.25, 0.3) is 16.7 Å². The van der Waals surface area contributed by atoms with Gasteiger partial charge in [-0.05, 0) is 87.9 Å². The summed E-state index contributed by atoms with van der Waals surface area (Å²) in [5.74, 6) is -0.496. The molecule has 0 atom stereocenters. The van der Waals surface area contributed by atoms with Crippen LogP contribution in [0, 0.1) is 13.8 Å². The molecule has 11 heteroatoms. The van der Waals surface area contributed by atoms with E-state index in [2.05, 4.69) is 4.57 Å². The van der Waals surface area contributed by atoms with Crippen LogP contribution >= 0.6 is 11.3 Å². The van der Waals surface area contributed by atoms with Crippen LogP contribution in [-0.2, 0) is 37.1 Å². The number of aromatic nitrogens is 1. The smallest absolute Gasteiger partial charge is 0.341 e. The number of thiophene rings is 1. The molecular weight excluding hydrogens is 574 g/mol. The molecule has 1 fully saturated rings. The molecule has 42 heavy (non-hydrogen) atoms. The Balaban J connectivity index is 1.44.